The number of aryl methyl sites for hydroxylation is 1. The number of nitrogens with zero attached hydrogens (tertiary/aromatic N) is 2. The van der Waals surface area contributed by atoms with Crippen LogP contribution in [0.2, 0.25) is 0 Å². The Bertz CT molecular complexity index is 1490. The van der Waals surface area contributed by atoms with Gasteiger partial charge in [0.2, 0.25) is 5.16 Å². The highest BCUT2D eigenvalue weighted by atomic mass is 32.2. The number of sulfonamides is 1. The smallest absolute Gasteiger partial charge is 0.261 e. The van der Waals surface area contributed by atoms with Crippen LogP contribution in [0.4, 0.5) is 5.69 Å². The van der Waals surface area contributed by atoms with Gasteiger partial charge in [-0.05, 0) is 61.9 Å². The average molecular weight is 568 g/mol. The van der Waals surface area contributed by atoms with E-state index in [2.05, 4.69) is 25.2 Å². The summed E-state index contributed by atoms with van der Waals surface area (Å²) in [7, 11) is -3.80. The molecule has 0 aliphatic rings. The molecule has 0 radical (unpaired) electrons. The second-order valence-electron chi connectivity index (χ2n) is 8.31. The van der Waals surface area contributed by atoms with Gasteiger partial charge in [-0.1, -0.05) is 42.1 Å². The van der Waals surface area contributed by atoms with Crippen LogP contribution in [-0.2, 0) is 14.8 Å². The average Bonchev–Trinajstić information content (AvgIpc) is 3.41. The Balaban J connectivity index is 1.22. The monoisotopic (exact) mass is 567 g/mol. The van der Waals surface area contributed by atoms with Crippen LogP contribution in [0.5, 0.6) is 11.5 Å². The molecular formula is C27H29N5O5S2. The minimum atomic E-state index is -3.80. The molecule has 4 aromatic rings. The molecule has 12 heteroatoms. The number of benzene rings is 3. The lowest BCUT2D eigenvalue weighted by atomic mass is 10.2. The van der Waals surface area contributed by atoms with Crippen molar-refractivity contribution in [1.29, 1.82) is 0 Å². The van der Waals surface area contributed by atoms with Crippen molar-refractivity contribution >= 4 is 33.4 Å². The summed E-state index contributed by atoms with van der Waals surface area (Å²) in [5.74, 6) is 2.08. The molecule has 0 fully saturated rings. The van der Waals surface area contributed by atoms with E-state index in [0.717, 1.165) is 5.56 Å². The first-order valence-electron chi connectivity index (χ1n) is 12.2. The zero-order valence-electron chi connectivity index (χ0n) is 21.5. The van der Waals surface area contributed by atoms with Crippen molar-refractivity contribution in [2.45, 2.75) is 23.9 Å². The van der Waals surface area contributed by atoms with Crippen molar-refractivity contribution in [1.82, 2.24) is 20.5 Å². The topological polar surface area (TPSA) is 135 Å². The van der Waals surface area contributed by atoms with E-state index >= 15 is 0 Å². The number of amides is 1. The molecule has 3 aromatic carbocycles. The molecule has 0 unspecified atom stereocenters. The van der Waals surface area contributed by atoms with E-state index < -0.39 is 10.0 Å². The summed E-state index contributed by atoms with van der Waals surface area (Å²) >= 11 is 1.42. The number of thioether (sulfide) groups is 1. The fourth-order valence-electron chi connectivity index (χ4n) is 3.51. The highest BCUT2D eigenvalue weighted by Gasteiger charge is 2.16. The zero-order chi connectivity index (χ0) is 27.7. The SMILES string of the molecule is CCOc1ccc(NS(=O)(=O)c2ccc(OCC(=O)NCCSc3n[nH]c(-c4ccccc4)n3)c(C)c2)cc1. The largest absolute Gasteiger partial charge is 0.494 e. The van der Waals surface area contributed by atoms with Crippen molar-refractivity contribution in [3.05, 3.63) is 78.4 Å². The van der Waals surface area contributed by atoms with Gasteiger partial charge in [0.05, 0.1) is 11.5 Å². The van der Waals surface area contributed by atoms with Crippen LogP contribution in [0.1, 0.15) is 12.5 Å². The Morgan fingerprint density at radius 3 is 2.51 bits per heavy atom. The predicted octanol–water partition coefficient (Wildman–Crippen LogP) is 4.27. The fraction of sp³-hybridized carbons (Fsp3) is 0.222. The Kier molecular flexibility index (Phi) is 9.45. The van der Waals surface area contributed by atoms with Crippen LogP contribution in [0.3, 0.4) is 0 Å². The number of anilines is 1. The van der Waals surface area contributed by atoms with Crippen LogP contribution in [0, 0.1) is 6.92 Å². The van der Waals surface area contributed by atoms with E-state index in [1.807, 2.05) is 37.3 Å². The van der Waals surface area contributed by atoms with Gasteiger partial charge in [0.25, 0.3) is 15.9 Å². The predicted molar refractivity (Wildman–Crippen MR) is 151 cm³/mol. The fourth-order valence-corrected chi connectivity index (χ4v) is 5.31. The third-order valence-corrected chi connectivity index (χ3v) is 7.63. The van der Waals surface area contributed by atoms with Gasteiger partial charge < -0.3 is 14.8 Å². The summed E-state index contributed by atoms with van der Waals surface area (Å²) in [6.45, 7) is 4.34. The van der Waals surface area contributed by atoms with Crippen LogP contribution >= 0.6 is 11.8 Å². The number of ether oxygens (including phenoxy) is 2. The quantitative estimate of drug-likeness (QED) is 0.161. The van der Waals surface area contributed by atoms with E-state index in [1.165, 1.54) is 23.9 Å². The molecule has 0 saturated carbocycles. The van der Waals surface area contributed by atoms with Crippen LogP contribution in [-0.4, -0.2) is 55.0 Å². The number of aromatic amines is 1. The van der Waals surface area contributed by atoms with Crippen molar-refractivity contribution in [3.8, 4) is 22.9 Å². The number of hydrogen-bond donors (Lipinski definition) is 3. The maximum atomic E-state index is 12.8. The molecule has 1 aromatic heterocycles. The Labute approximate surface area is 231 Å². The van der Waals surface area contributed by atoms with Crippen LogP contribution in [0.25, 0.3) is 11.4 Å². The van der Waals surface area contributed by atoms with Crippen molar-refractivity contribution in [2.24, 2.45) is 0 Å². The number of carbonyl (C=O) groups excluding carboxylic acids is 1. The van der Waals surface area contributed by atoms with Gasteiger partial charge in [0.1, 0.15) is 11.5 Å². The number of carbonyl (C=O) groups is 1. The van der Waals surface area contributed by atoms with E-state index in [4.69, 9.17) is 9.47 Å². The minimum absolute atomic E-state index is 0.0881. The highest BCUT2D eigenvalue weighted by molar-refractivity contribution is 7.99. The van der Waals surface area contributed by atoms with Gasteiger partial charge >= 0.3 is 0 Å². The maximum absolute atomic E-state index is 12.8. The van der Waals surface area contributed by atoms with E-state index in [1.54, 1.807) is 37.3 Å². The first-order chi connectivity index (χ1) is 18.8. The normalized spacial score (nSPS) is 11.1. The first kappa shape index (κ1) is 28.0. The second kappa shape index (κ2) is 13.2. The molecule has 4 rings (SSSR count). The van der Waals surface area contributed by atoms with Gasteiger partial charge in [0, 0.05) is 23.5 Å². The first-order valence-corrected chi connectivity index (χ1v) is 14.7. The Morgan fingerprint density at radius 2 is 1.79 bits per heavy atom. The van der Waals surface area contributed by atoms with Gasteiger partial charge in [-0.2, -0.15) is 0 Å². The van der Waals surface area contributed by atoms with Crippen molar-refractivity contribution in [3.63, 3.8) is 0 Å². The highest BCUT2D eigenvalue weighted by Crippen LogP contribution is 2.24. The number of H-pyrrole nitrogens is 1. The summed E-state index contributed by atoms with van der Waals surface area (Å²) in [5.41, 5.74) is 1.96. The molecular weight excluding hydrogens is 538 g/mol. The van der Waals surface area contributed by atoms with Gasteiger partial charge in [0.15, 0.2) is 12.4 Å². The lowest BCUT2D eigenvalue weighted by Gasteiger charge is -2.12. The molecule has 10 nitrogen and oxygen atoms in total. The Hall–Kier alpha value is -4.03. The Morgan fingerprint density at radius 1 is 1.03 bits per heavy atom. The summed E-state index contributed by atoms with van der Waals surface area (Å²) in [6.07, 6.45) is 0. The third kappa shape index (κ3) is 7.98. The van der Waals surface area contributed by atoms with Gasteiger partial charge in [-0.15, -0.1) is 5.10 Å². The van der Waals surface area contributed by atoms with Gasteiger partial charge in [-0.3, -0.25) is 14.6 Å². The van der Waals surface area contributed by atoms with Crippen molar-refractivity contribution in [2.75, 3.05) is 30.2 Å². The molecule has 0 bridgehead atoms. The van der Waals surface area contributed by atoms with Gasteiger partial charge in [-0.25, -0.2) is 13.4 Å². The molecule has 0 spiro atoms. The number of nitrogens with one attached hydrogen (secondary N) is 3. The number of rotatable bonds is 13. The standard InChI is InChI=1S/C27H29N5O5S2/c1-3-36-22-11-9-21(10-12-22)32-39(34,35)23-13-14-24(19(2)17-23)37-18-25(33)28-15-16-38-27-29-26(30-31-27)20-7-5-4-6-8-20/h4-14,17,32H,3,15-16,18H2,1-2H3,(H,28,33)(H,29,30,31). The van der Waals surface area contributed by atoms with E-state index in [9.17, 15) is 13.2 Å². The summed E-state index contributed by atoms with van der Waals surface area (Å²) in [5, 5.41) is 10.5. The molecule has 1 heterocycles. The lowest BCUT2D eigenvalue weighted by Crippen LogP contribution is -2.30. The molecule has 0 aliphatic heterocycles. The van der Waals surface area contributed by atoms with E-state index in [0.29, 0.717) is 52.6 Å². The number of hydrogen-bond acceptors (Lipinski definition) is 8. The number of aromatic nitrogens is 3. The van der Waals surface area contributed by atoms with Crippen LogP contribution in [0.15, 0.2) is 82.8 Å². The molecule has 0 aliphatic carbocycles. The summed E-state index contributed by atoms with van der Waals surface area (Å²) in [4.78, 5) is 16.8. The van der Waals surface area contributed by atoms with E-state index in [-0.39, 0.29) is 17.4 Å². The zero-order valence-corrected chi connectivity index (χ0v) is 23.1. The molecule has 39 heavy (non-hydrogen) atoms. The lowest BCUT2D eigenvalue weighted by molar-refractivity contribution is -0.122. The second-order valence-corrected chi connectivity index (χ2v) is 11.1. The van der Waals surface area contributed by atoms with Crippen molar-refractivity contribution < 1.29 is 22.7 Å². The maximum Gasteiger partial charge on any atom is 0.261 e. The molecule has 0 atom stereocenters. The minimum Gasteiger partial charge on any atom is -0.494 e. The molecule has 0 saturated heterocycles. The molecule has 1 amide bonds. The molecule has 204 valence electrons. The third-order valence-electron chi connectivity index (χ3n) is 5.40. The van der Waals surface area contributed by atoms with Crippen LogP contribution < -0.4 is 19.5 Å². The summed E-state index contributed by atoms with van der Waals surface area (Å²) < 4.78 is 39.1. The molecule has 3 N–H and O–H groups in total. The summed E-state index contributed by atoms with van der Waals surface area (Å²) in [6, 6.07) is 20.8.